The predicted molar refractivity (Wildman–Crippen MR) is 83.5 cm³/mol. The van der Waals surface area contributed by atoms with Gasteiger partial charge in [0, 0.05) is 6.54 Å². The third-order valence-corrected chi connectivity index (χ3v) is 5.26. The third kappa shape index (κ3) is 3.54. The quantitative estimate of drug-likeness (QED) is 0.826. The summed E-state index contributed by atoms with van der Waals surface area (Å²) >= 11 is 0. The second-order valence-corrected chi connectivity index (χ2v) is 6.67. The molecule has 0 aliphatic rings. The number of primary amides is 1. The number of carbonyl (C=O) groups is 1. The smallest absolute Gasteiger partial charge is 0.252 e. The fourth-order valence-corrected chi connectivity index (χ4v) is 3.57. The lowest BCUT2D eigenvalue weighted by Gasteiger charge is -2.20. The van der Waals surface area contributed by atoms with E-state index >= 15 is 0 Å². The summed E-state index contributed by atoms with van der Waals surface area (Å²) in [5, 5.41) is 0. The number of benzene rings is 1. The van der Waals surface area contributed by atoms with Crippen LogP contribution < -0.4 is 10.5 Å². The Morgan fingerprint density at radius 1 is 1.35 bits per heavy atom. The summed E-state index contributed by atoms with van der Waals surface area (Å²) in [5.41, 5.74) is 5.29. The highest BCUT2D eigenvalue weighted by atomic mass is 32.2. The summed E-state index contributed by atoms with van der Waals surface area (Å²) in [5.74, 6) is -0.00224. The zero-order valence-electron chi connectivity index (χ0n) is 12.9. The fourth-order valence-electron chi connectivity index (χ4n) is 2.13. The number of carbonyl (C=O) groups excluding carboxylic acids is 1. The van der Waals surface area contributed by atoms with E-state index in [1.807, 2.05) is 0 Å². The molecule has 0 bridgehead atoms. The van der Waals surface area contributed by atoms with Crippen LogP contribution in [0.4, 0.5) is 0 Å². The molecule has 0 atom stereocenters. The Hall–Kier alpha value is -2.32. The average Bonchev–Trinajstić information content (AvgIpc) is 3.04. The first-order chi connectivity index (χ1) is 10.9. The molecule has 1 aromatic heterocycles. The van der Waals surface area contributed by atoms with Crippen molar-refractivity contribution in [3.05, 3.63) is 47.9 Å². The van der Waals surface area contributed by atoms with Gasteiger partial charge in [-0.1, -0.05) is 6.92 Å². The van der Waals surface area contributed by atoms with Crippen LogP contribution >= 0.6 is 0 Å². The molecule has 23 heavy (non-hydrogen) atoms. The number of furan rings is 1. The lowest BCUT2D eigenvalue weighted by Crippen LogP contribution is -2.30. The highest BCUT2D eigenvalue weighted by Crippen LogP contribution is 2.25. The van der Waals surface area contributed by atoms with Crippen LogP contribution in [0.1, 0.15) is 23.0 Å². The van der Waals surface area contributed by atoms with Crippen LogP contribution in [0.3, 0.4) is 0 Å². The summed E-state index contributed by atoms with van der Waals surface area (Å²) in [6, 6.07) is 7.40. The van der Waals surface area contributed by atoms with Crippen molar-refractivity contribution in [2.75, 3.05) is 13.7 Å². The molecular weight excluding hydrogens is 320 g/mol. The molecule has 0 saturated carbocycles. The Kier molecular flexibility index (Phi) is 5.07. The number of nitrogens with two attached hydrogens (primary N) is 1. The standard InChI is InChI=1S/C15H18N2O5S/c1-3-17(10-11-5-4-8-22-11)23(19,20)12-6-7-14(21-2)13(9-12)15(16)18/h4-9H,3,10H2,1-2H3,(H2,16,18). The maximum Gasteiger partial charge on any atom is 0.252 e. The monoisotopic (exact) mass is 338 g/mol. The summed E-state index contributed by atoms with van der Waals surface area (Å²) in [4.78, 5) is 11.4. The molecule has 0 spiro atoms. The zero-order valence-corrected chi connectivity index (χ0v) is 13.7. The second-order valence-electron chi connectivity index (χ2n) is 4.74. The van der Waals surface area contributed by atoms with Crippen molar-refractivity contribution in [2.24, 2.45) is 5.73 Å². The number of nitrogens with zero attached hydrogens (tertiary/aromatic N) is 1. The molecule has 1 aromatic carbocycles. The SMILES string of the molecule is CCN(Cc1ccco1)S(=O)(=O)c1ccc(OC)c(C(N)=O)c1. The molecule has 2 rings (SSSR count). The number of ether oxygens (including phenoxy) is 1. The molecule has 1 amide bonds. The van der Waals surface area contributed by atoms with E-state index in [0.29, 0.717) is 5.76 Å². The normalized spacial score (nSPS) is 11.6. The number of methoxy groups -OCH3 is 1. The van der Waals surface area contributed by atoms with Crippen molar-refractivity contribution in [3.8, 4) is 5.75 Å². The molecule has 0 saturated heterocycles. The lowest BCUT2D eigenvalue weighted by molar-refractivity contribution is 0.0997. The van der Waals surface area contributed by atoms with Crippen LogP contribution in [0.5, 0.6) is 5.75 Å². The van der Waals surface area contributed by atoms with Crippen LogP contribution in [-0.4, -0.2) is 32.3 Å². The molecular formula is C15H18N2O5S. The minimum Gasteiger partial charge on any atom is -0.496 e. The van der Waals surface area contributed by atoms with Crippen molar-refractivity contribution in [1.29, 1.82) is 0 Å². The minimum absolute atomic E-state index is 0.0163. The van der Waals surface area contributed by atoms with E-state index in [1.54, 1.807) is 19.1 Å². The largest absolute Gasteiger partial charge is 0.496 e. The molecule has 0 aliphatic heterocycles. The third-order valence-electron chi connectivity index (χ3n) is 3.34. The van der Waals surface area contributed by atoms with Crippen LogP contribution in [0.2, 0.25) is 0 Å². The molecule has 8 heteroatoms. The van der Waals surface area contributed by atoms with E-state index in [-0.39, 0.29) is 29.3 Å². The van der Waals surface area contributed by atoms with Crippen molar-refractivity contribution in [3.63, 3.8) is 0 Å². The summed E-state index contributed by atoms with van der Waals surface area (Å²) in [7, 11) is -2.42. The van der Waals surface area contributed by atoms with E-state index in [2.05, 4.69) is 0 Å². The van der Waals surface area contributed by atoms with E-state index in [0.717, 1.165) is 0 Å². The van der Waals surface area contributed by atoms with Crippen molar-refractivity contribution in [2.45, 2.75) is 18.4 Å². The van der Waals surface area contributed by atoms with Gasteiger partial charge in [0.1, 0.15) is 11.5 Å². The van der Waals surface area contributed by atoms with Gasteiger partial charge < -0.3 is 14.9 Å². The number of rotatable bonds is 7. The molecule has 0 radical (unpaired) electrons. The van der Waals surface area contributed by atoms with Gasteiger partial charge in [0.25, 0.3) is 5.91 Å². The summed E-state index contributed by atoms with van der Waals surface area (Å²) in [6.07, 6.45) is 1.48. The Bertz CT molecular complexity index is 784. The van der Waals surface area contributed by atoms with E-state index in [4.69, 9.17) is 14.9 Å². The van der Waals surface area contributed by atoms with Gasteiger partial charge in [0.05, 0.1) is 30.4 Å². The molecule has 0 fully saturated rings. The van der Waals surface area contributed by atoms with Gasteiger partial charge in [0.15, 0.2) is 0 Å². The first kappa shape index (κ1) is 17.0. The second kappa shape index (κ2) is 6.84. The average molecular weight is 338 g/mol. The molecule has 0 unspecified atom stereocenters. The highest BCUT2D eigenvalue weighted by molar-refractivity contribution is 7.89. The van der Waals surface area contributed by atoms with Gasteiger partial charge in [-0.3, -0.25) is 4.79 Å². The fraction of sp³-hybridized carbons (Fsp3) is 0.267. The van der Waals surface area contributed by atoms with E-state index in [9.17, 15) is 13.2 Å². The highest BCUT2D eigenvalue weighted by Gasteiger charge is 2.26. The van der Waals surface area contributed by atoms with Gasteiger partial charge in [-0.2, -0.15) is 4.31 Å². The van der Waals surface area contributed by atoms with Crippen molar-refractivity contribution in [1.82, 2.24) is 4.31 Å². The van der Waals surface area contributed by atoms with Gasteiger partial charge in [-0.15, -0.1) is 0 Å². The van der Waals surface area contributed by atoms with Crippen molar-refractivity contribution >= 4 is 15.9 Å². The predicted octanol–water partition coefficient (Wildman–Crippen LogP) is 1.60. The van der Waals surface area contributed by atoms with Crippen molar-refractivity contribution < 1.29 is 22.4 Å². The maximum atomic E-state index is 12.8. The molecule has 7 nitrogen and oxygen atoms in total. The van der Waals surface area contributed by atoms with E-state index < -0.39 is 15.9 Å². The lowest BCUT2D eigenvalue weighted by atomic mass is 10.2. The van der Waals surface area contributed by atoms with Crippen LogP contribution in [0.15, 0.2) is 45.9 Å². The summed E-state index contributed by atoms with van der Waals surface area (Å²) in [6.45, 7) is 2.07. The molecule has 0 aliphatic carbocycles. The Morgan fingerprint density at radius 3 is 2.61 bits per heavy atom. The Balaban J connectivity index is 2.41. The van der Waals surface area contributed by atoms with E-state index in [1.165, 1.54) is 35.9 Å². The topological polar surface area (TPSA) is 103 Å². The summed E-state index contributed by atoms with van der Waals surface area (Å²) < 4.78 is 37.0. The molecule has 1 heterocycles. The first-order valence-electron chi connectivity index (χ1n) is 6.90. The van der Waals surface area contributed by atoms with Crippen LogP contribution in [-0.2, 0) is 16.6 Å². The zero-order chi connectivity index (χ0) is 17.0. The van der Waals surface area contributed by atoms with Crippen LogP contribution in [0.25, 0.3) is 0 Å². The number of hydrogen-bond acceptors (Lipinski definition) is 5. The molecule has 124 valence electrons. The molecule has 2 N–H and O–H groups in total. The van der Waals surface area contributed by atoms with Gasteiger partial charge in [-0.25, -0.2) is 8.42 Å². The maximum absolute atomic E-state index is 12.8. The van der Waals surface area contributed by atoms with Gasteiger partial charge in [-0.05, 0) is 30.3 Å². The number of amides is 1. The first-order valence-corrected chi connectivity index (χ1v) is 8.34. The molecule has 2 aromatic rings. The number of sulfonamides is 1. The Morgan fingerprint density at radius 2 is 2.09 bits per heavy atom. The Labute approximate surface area is 134 Å². The van der Waals surface area contributed by atoms with Gasteiger partial charge >= 0.3 is 0 Å². The van der Waals surface area contributed by atoms with Crippen LogP contribution in [0, 0.1) is 0 Å². The minimum atomic E-state index is -3.80. The van der Waals surface area contributed by atoms with Gasteiger partial charge in [0.2, 0.25) is 10.0 Å². The number of hydrogen-bond donors (Lipinski definition) is 1.